The molecule has 0 radical (unpaired) electrons. The van der Waals surface area contributed by atoms with Crippen LogP contribution in [0.1, 0.15) is 0 Å². The Morgan fingerprint density at radius 2 is 2.00 bits per heavy atom. The summed E-state index contributed by atoms with van der Waals surface area (Å²) >= 11 is 0. The summed E-state index contributed by atoms with van der Waals surface area (Å²) in [5.41, 5.74) is 0. The van der Waals surface area contributed by atoms with E-state index in [1.807, 2.05) is 0 Å². The molecule has 0 saturated heterocycles. The summed E-state index contributed by atoms with van der Waals surface area (Å²) in [5, 5.41) is 3.35. The molecule has 0 saturated carbocycles. The fourth-order valence-electron chi connectivity index (χ4n) is 0.176. The van der Waals surface area contributed by atoms with Gasteiger partial charge in [0.05, 0.1) is 6.20 Å². The smallest absolute Gasteiger partial charge is 0.123 e. The first-order valence-corrected chi connectivity index (χ1v) is 1.34. The van der Waals surface area contributed by atoms with Gasteiger partial charge in [-0.25, -0.2) is 0 Å². The third-order valence-electron chi connectivity index (χ3n) is 0.347. The second-order valence-corrected chi connectivity index (χ2v) is 0.688. The Morgan fingerprint density at radius 1 is 1.29 bits per heavy atom. The summed E-state index contributed by atoms with van der Waals surface area (Å²) in [6.07, 6.45) is 3.10. The summed E-state index contributed by atoms with van der Waals surface area (Å²) in [7, 11) is 0. The van der Waals surface area contributed by atoms with E-state index in [4.69, 9.17) is 0 Å². The van der Waals surface area contributed by atoms with E-state index in [9.17, 15) is 0 Å². The van der Waals surface area contributed by atoms with Gasteiger partial charge in [0.2, 0.25) is 0 Å². The molecular formula is C3H5K2NO. The Bertz CT molecular complexity index is 69.4. The summed E-state index contributed by atoms with van der Waals surface area (Å²) in [4.78, 5) is 0. The maximum Gasteiger partial charge on any atom is 0.123 e. The van der Waals surface area contributed by atoms with Gasteiger partial charge in [-0.05, 0) is 6.07 Å². The molecule has 7 heavy (non-hydrogen) atoms. The molecule has 2 nitrogen and oxygen atoms in total. The molecule has 0 fully saturated rings. The van der Waals surface area contributed by atoms with Gasteiger partial charge in [0.25, 0.3) is 0 Å². The van der Waals surface area contributed by atoms with Crippen molar-refractivity contribution in [3.8, 4) is 0 Å². The SMILES string of the molecule is [KH].[KH].c1cnoc1. The second-order valence-electron chi connectivity index (χ2n) is 0.688. The van der Waals surface area contributed by atoms with Crippen LogP contribution in [0.2, 0.25) is 0 Å². The Labute approximate surface area is 127 Å². The molecule has 1 rings (SSSR count). The number of hydrogen-bond acceptors (Lipinski definition) is 2. The van der Waals surface area contributed by atoms with Gasteiger partial charge in [-0.3, -0.25) is 0 Å². The van der Waals surface area contributed by atoms with Crippen molar-refractivity contribution in [2.45, 2.75) is 0 Å². The molecule has 0 unspecified atom stereocenters. The fourth-order valence-corrected chi connectivity index (χ4v) is 0.176. The zero-order valence-electron chi connectivity index (χ0n) is 2.59. The Balaban J connectivity index is 0. The maximum absolute atomic E-state index is 4.33. The van der Waals surface area contributed by atoms with Gasteiger partial charge in [0.1, 0.15) is 6.26 Å². The zero-order valence-corrected chi connectivity index (χ0v) is 2.59. The van der Waals surface area contributed by atoms with Crippen LogP contribution in [0.25, 0.3) is 0 Å². The van der Waals surface area contributed by atoms with Crippen LogP contribution in [-0.4, -0.2) is 108 Å². The van der Waals surface area contributed by atoms with Gasteiger partial charge in [-0.15, -0.1) is 0 Å². The third kappa shape index (κ3) is 6.37. The van der Waals surface area contributed by atoms with E-state index in [0.717, 1.165) is 0 Å². The van der Waals surface area contributed by atoms with E-state index >= 15 is 0 Å². The van der Waals surface area contributed by atoms with E-state index in [-0.39, 0.29) is 103 Å². The summed E-state index contributed by atoms with van der Waals surface area (Å²) in [6.45, 7) is 0. The van der Waals surface area contributed by atoms with Crippen LogP contribution in [0, 0.1) is 0 Å². The van der Waals surface area contributed by atoms with Gasteiger partial charge in [-0.1, -0.05) is 5.16 Å². The molecule has 0 aliphatic carbocycles. The minimum absolute atomic E-state index is 0. The summed E-state index contributed by atoms with van der Waals surface area (Å²) < 4.78 is 4.33. The average molecular weight is 149 g/mol. The molecule has 0 atom stereocenters. The van der Waals surface area contributed by atoms with Crippen LogP contribution >= 0.6 is 0 Å². The molecular weight excluding hydrogens is 144 g/mol. The van der Waals surface area contributed by atoms with Crippen molar-refractivity contribution in [3.05, 3.63) is 18.5 Å². The molecule has 0 spiro atoms. The average Bonchev–Trinajstić information content (AvgIpc) is 1.76. The van der Waals surface area contributed by atoms with Crippen molar-refractivity contribution in [1.29, 1.82) is 0 Å². The monoisotopic (exact) mass is 149 g/mol. The van der Waals surface area contributed by atoms with Crippen LogP contribution in [0.15, 0.2) is 23.0 Å². The van der Waals surface area contributed by atoms with Crippen molar-refractivity contribution >= 4 is 103 Å². The molecule has 0 aliphatic heterocycles. The number of nitrogens with zero attached hydrogens (tertiary/aromatic N) is 1. The van der Waals surface area contributed by atoms with Crippen molar-refractivity contribution in [3.63, 3.8) is 0 Å². The van der Waals surface area contributed by atoms with E-state index in [2.05, 4.69) is 9.68 Å². The van der Waals surface area contributed by atoms with Crippen LogP contribution in [0.5, 0.6) is 0 Å². The molecule has 0 aromatic carbocycles. The van der Waals surface area contributed by atoms with Crippen molar-refractivity contribution in [2.75, 3.05) is 0 Å². The largest absolute Gasteiger partial charge is 0.365 e. The minimum atomic E-state index is 0. The topological polar surface area (TPSA) is 26.0 Å². The van der Waals surface area contributed by atoms with E-state index < -0.39 is 0 Å². The maximum atomic E-state index is 4.33. The van der Waals surface area contributed by atoms with E-state index in [0.29, 0.717) is 0 Å². The first kappa shape index (κ1) is 12.2. The molecule has 1 aromatic heterocycles. The van der Waals surface area contributed by atoms with Crippen molar-refractivity contribution in [2.24, 2.45) is 0 Å². The number of hydrogen-bond donors (Lipinski definition) is 0. The first-order chi connectivity index (χ1) is 2.50. The van der Waals surface area contributed by atoms with Gasteiger partial charge in [0, 0.05) is 0 Å². The number of rotatable bonds is 0. The Hall–Kier alpha value is 2.48. The zero-order chi connectivity index (χ0) is 3.54. The fraction of sp³-hybridized carbons (Fsp3) is 0. The third-order valence-corrected chi connectivity index (χ3v) is 0.347. The molecule has 0 N–H and O–H groups in total. The van der Waals surface area contributed by atoms with Crippen LogP contribution in [0.3, 0.4) is 0 Å². The van der Waals surface area contributed by atoms with Crippen LogP contribution < -0.4 is 0 Å². The predicted octanol–water partition coefficient (Wildman–Crippen LogP) is -0.622. The van der Waals surface area contributed by atoms with E-state index in [1.165, 1.54) is 6.26 Å². The Kier molecular flexibility index (Phi) is 14.8. The van der Waals surface area contributed by atoms with Crippen LogP contribution in [0.4, 0.5) is 0 Å². The van der Waals surface area contributed by atoms with Crippen molar-refractivity contribution in [1.82, 2.24) is 5.16 Å². The van der Waals surface area contributed by atoms with Gasteiger partial charge in [0.15, 0.2) is 0 Å². The van der Waals surface area contributed by atoms with Crippen molar-refractivity contribution < 1.29 is 4.52 Å². The summed E-state index contributed by atoms with van der Waals surface area (Å²) in [6, 6.07) is 1.72. The first-order valence-electron chi connectivity index (χ1n) is 1.34. The molecule has 4 heteroatoms. The number of aromatic nitrogens is 1. The molecule has 0 aliphatic rings. The normalized spacial score (nSPS) is 5.71. The van der Waals surface area contributed by atoms with Gasteiger partial charge in [-0.2, -0.15) is 0 Å². The summed E-state index contributed by atoms with van der Waals surface area (Å²) in [5.74, 6) is 0. The molecule has 0 amide bonds. The minimum Gasteiger partial charge on any atom is -0.365 e. The molecule has 1 heterocycles. The molecule has 0 bridgehead atoms. The quantitative estimate of drug-likeness (QED) is 0.459. The standard InChI is InChI=1S/C3H3NO.2K.2H/c1-2-4-5-3-1;;;;/h1-3H;;;;. The second kappa shape index (κ2) is 8.48. The Morgan fingerprint density at radius 3 is 2.14 bits per heavy atom. The van der Waals surface area contributed by atoms with Gasteiger partial charge >= 0.3 is 103 Å². The molecule has 30 valence electrons. The van der Waals surface area contributed by atoms with E-state index in [1.54, 1.807) is 12.3 Å². The predicted molar refractivity (Wildman–Crippen MR) is 30.8 cm³/mol. The van der Waals surface area contributed by atoms with Gasteiger partial charge < -0.3 is 4.52 Å². The molecule has 1 aromatic rings. The van der Waals surface area contributed by atoms with Crippen LogP contribution in [-0.2, 0) is 0 Å².